The molecule has 1 aromatic heterocycles. The lowest BCUT2D eigenvalue weighted by Crippen LogP contribution is -2.30. The summed E-state index contributed by atoms with van der Waals surface area (Å²) in [6.45, 7) is 5.97. The first-order valence-corrected chi connectivity index (χ1v) is 4.80. The molecule has 14 heavy (non-hydrogen) atoms. The van der Waals surface area contributed by atoms with Crippen molar-refractivity contribution in [3.05, 3.63) is 23.5 Å². The number of rotatable bonds is 2. The van der Waals surface area contributed by atoms with Crippen molar-refractivity contribution >= 4 is 5.91 Å². The van der Waals surface area contributed by atoms with Crippen LogP contribution in [0.1, 0.15) is 24.4 Å². The van der Waals surface area contributed by atoms with Crippen molar-refractivity contribution in [1.29, 1.82) is 0 Å². The monoisotopic (exact) mass is 194 g/mol. The maximum Gasteiger partial charge on any atom is 0.244 e. The van der Waals surface area contributed by atoms with Crippen LogP contribution in [0.4, 0.5) is 0 Å². The third-order valence-electron chi connectivity index (χ3n) is 2.51. The largest absolute Gasteiger partial charge is 0.347 e. The third kappa shape index (κ3) is 1.81. The van der Waals surface area contributed by atoms with E-state index in [-0.39, 0.29) is 11.9 Å². The molecular formula is C11H18N2O. The molecule has 0 N–H and O–H groups in total. The van der Waals surface area contributed by atoms with Gasteiger partial charge in [-0.25, -0.2) is 0 Å². The second kappa shape index (κ2) is 3.86. The van der Waals surface area contributed by atoms with Crippen LogP contribution < -0.4 is 0 Å². The first-order valence-electron chi connectivity index (χ1n) is 4.80. The van der Waals surface area contributed by atoms with Gasteiger partial charge in [0.15, 0.2) is 0 Å². The molecule has 1 heterocycles. The first-order chi connectivity index (χ1) is 6.45. The SMILES string of the molecule is Cc1ccc(C)n1[C@@H](C)C(=O)N(C)C. The highest BCUT2D eigenvalue weighted by Crippen LogP contribution is 2.16. The molecule has 0 bridgehead atoms. The summed E-state index contributed by atoms with van der Waals surface area (Å²) in [5, 5.41) is 0. The van der Waals surface area contributed by atoms with E-state index in [1.165, 1.54) is 0 Å². The fourth-order valence-electron chi connectivity index (χ4n) is 1.77. The molecule has 3 heteroatoms. The molecule has 0 saturated carbocycles. The number of carbonyl (C=O) groups excluding carboxylic acids is 1. The maximum atomic E-state index is 11.8. The minimum atomic E-state index is -0.111. The van der Waals surface area contributed by atoms with Gasteiger partial charge in [0, 0.05) is 25.5 Å². The number of likely N-dealkylation sites (N-methyl/N-ethyl adjacent to an activating group) is 1. The van der Waals surface area contributed by atoms with Gasteiger partial charge >= 0.3 is 0 Å². The van der Waals surface area contributed by atoms with Gasteiger partial charge in [0.2, 0.25) is 5.91 Å². The van der Waals surface area contributed by atoms with E-state index in [0.29, 0.717) is 0 Å². The van der Waals surface area contributed by atoms with Crippen LogP contribution in [-0.2, 0) is 4.79 Å². The molecule has 1 amide bonds. The Morgan fingerprint density at radius 2 is 1.71 bits per heavy atom. The van der Waals surface area contributed by atoms with Crippen LogP contribution in [0.15, 0.2) is 12.1 Å². The number of nitrogens with zero attached hydrogens (tertiary/aromatic N) is 2. The van der Waals surface area contributed by atoms with Crippen LogP contribution in [0.25, 0.3) is 0 Å². The Hall–Kier alpha value is -1.25. The highest BCUT2D eigenvalue weighted by molar-refractivity contribution is 5.79. The zero-order chi connectivity index (χ0) is 10.9. The topological polar surface area (TPSA) is 25.2 Å². The van der Waals surface area contributed by atoms with Gasteiger partial charge in [-0.1, -0.05) is 0 Å². The molecule has 1 rings (SSSR count). The molecule has 0 aliphatic rings. The molecule has 1 atom stereocenters. The number of hydrogen-bond donors (Lipinski definition) is 0. The Labute approximate surface area is 85.3 Å². The minimum absolute atomic E-state index is 0.111. The smallest absolute Gasteiger partial charge is 0.244 e. The van der Waals surface area contributed by atoms with E-state index < -0.39 is 0 Å². The molecule has 0 aromatic carbocycles. The van der Waals surface area contributed by atoms with Crippen molar-refractivity contribution in [3.63, 3.8) is 0 Å². The van der Waals surface area contributed by atoms with Crippen LogP contribution in [0, 0.1) is 13.8 Å². The number of aryl methyl sites for hydroxylation is 2. The average Bonchev–Trinajstić information content (AvgIpc) is 2.44. The summed E-state index contributed by atoms with van der Waals surface area (Å²) in [6.07, 6.45) is 0. The van der Waals surface area contributed by atoms with E-state index in [0.717, 1.165) is 11.4 Å². The maximum absolute atomic E-state index is 11.8. The molecule has 3 nitrogen and oxygen atoms in total. The van der Waals surface area contributed by atoms with Crippen LogP contribution in [-0.4, -0.2) is 29.5 Å². The first kappa shape index (κ1) is 10.8. The zero-order valence-corrected chi connectivity index (χ0v) is 9.53. The number of aromatic nitrogens is 1. The van der Waals surface area contributed by atoms with E-state index in [9.17, 15) is 4.79 Å². The van der Waals surface area contributed by atoms with E-state index in [2.05, 4.69) is 4.57 Å². The van der Waals surface area contributed by atoms with Crippen LogP contribution in [0.2, 0.25) is 0 Å². The Balaban J connectivity index is 3.00. The predicted octanol–water partition coefficient (Wildman–Crippen LogP) is 1.75. The summed E-state index contributed by atoms with van der Waals surface area (Å²) in [5.41, 5.74) is 2.26. The Bertz CT molecular complexity index is 320. The standard InChI is InChI=1S/C11H18N2O/c1-8-6-7-9(2)13(8)10(3)11(14)12(4)5/h6-7,10H,1-5H3/t10-/m0/s1. The molecule has 0 unspecified atom stereocenters. The summed E-state index contributed by atoms with van der Waals surface area (Å²) in [5.74, 6) is 0.132. The molecule has 0 radical (unpaired) electrons. The second-order valence-corrected chi connectivity index (χ2v) is 3.89. The zero-order valence-electron chi connectivity index (χ0n) is 9.53. The fraction of sp³-hybridized carbons (Fsp3) is 0.545. The summed E-state index contributed by atoms with van der Waals surface area (Å²) in [7, 11) is 3.57. The number of amides is 1. The summed E-state index contributed by atoms with van der Waals surface area (Å²) < 4.78 is 2.06. The second-order valence-electron chi connectivity index (χ2n) is 3.89. The van der Waals surface area contributed by atoms with Crippen LogP contribution in [0.3, 0.4) is 0 Å². The molecule has 78 valence electrons. The van der Waals surface area contributed by atoms with Crippen molar-refractivity contribution < 1.29 is 4.79 Å². The quantitative estimate of drug-likeness (QED) is 0.704. The highest BCUT2D eigenvalue weighted by Gasteiger charge is 2.18. The van der Waals surface area contributed by atoms with Crippen molar-refractivity contribution in [1.82, 2.24) is 9.47 Å². The van der Waals surface area contributed by atoms with Gasteiger partial charge < -0.3 is 9.47 Å². The lowest BCUT2D eigenvalue weighted by Gasteiger charge is -2.21. The molecule has 1 aromatic rings. The molecular weight excluding hydrogens is 176 g/mol. The van der Waals surface area contributed by atoms with E-state index in [4.69, 9.17) is 0 Å². The average molecular weight is 194 g/mol. The van der Waals surface area contributed by atoms with Crippen LogP contribution >= 0.6 is 0 Å². The van der Waals surface area contributed by atoms with Gasteiger partial charge in [-0.15, -0.1) is 0 Å². The van der Waals surface area contributed by atoms with Gasteiger partial charge in [-0.2, -0.15) is 0 Å². The Morgan fingerprint density at radius 1 is 1.29 bits per heavy atom. The van der Waals surface area contributed by atoms with Crippen LogP contribution in [0.5, 0.6) is 0 Å². The number of hydrogen-bond acceptors (Lipinski definition) is 1. The molecule has 0 saturated heterocycles. The van der Waals surface area contributed by atoms with Gasteiger partial charge in [0.05, 0.1) is 0 Å². The van der Waals surface area contributed by atoms with Gasteiger partial charge in [-0.3, -0.25) is 4.79 Å². The Kier molecular flexibility index (Phi) is 2.99. The lowest BCUT2D eigenvalue weighted by molar-refractivity contribution is -0.131. The molecule has 0 aliphatic carbocycles. The number of carbonyl (C=O) groups is 1. The molecule has 0 aliphatic heterocycles. The fourth-order valence-corrected chi connectivity index (χ4v) is 1.77. The molecule has 0 fully saturated rings. The van der Waals surface area contributed by atoms with E-state index >= 15 is 0 Å². The van der Waals surface area contributed by atoms with Crippen molar-refractivity contribution in [2.75, 3.05) is 14.1 Å². The van der Waals surface area contributed by atoms with Crippen molar-refractivity contribution in [2.45, 2.75) is 26.8 Å². The Morgan fingerprint density at radius 3 is 2.07 bits per heavy atom. The normalized spacial score (nSPS) is 12.6. The third-order valence-corrected chi connectivity index (χ3v) is 2.51. The summed E-state index contributed by atoms with van der Waals surface area (Å²) in [6, 6.07) is 3.96. The molecule has 0 spiro atoms. The minimum Gasteiger partial charge on any atom is -0.347 e. The summed E-state index contributed by atoms with van der Waals surface area (Å²) >= 11 is 0. The van der Waals surface area contributed by atoms with Gasteiger partial charge in [0.25, 0.3) is 0 Å². The summed E-state index contributed by atoms with van der Waals surface area (Å²) in [4.78, 5) is 13.4. The van der Waals surface area contributed by atoms with Crippen molar-refractivity contribution in [3.8, 4) is 0 Å². The highest BCUT2D eigenvalue weighted by atomic mass is 16.2. The predicted molar refractivity (Wildman–Crippen MR) is 57.3 cm³/mol. The lowest BCUT2D eigenvalue weighted by atomic mass is 10.2. The van der Waals surface area contributed by atoms with E-state index in [1.54, 1.807) is 19.0 Å². The van der Waals surface area contributed by atoms with Crippen molar-refractivity contribution in [2.24, 2.45) is 0 Å². The van der Waals surface area contributed by atoms with Gasteiger partial charge in [-0.05, 0) is 32.9 Å². The van der Waals surface area contributed by atoms with Gasteiger partial charge in [0.1, 0.15) is 6.04 Å². The van der Waals surface area contributed by atoms with E-state index in [1.807, 2.05) is 32.9 Å².